The lowest BCUT2D eigenvalue weighted by atomic mass is 10.1. The number of rotatable bonds is 9. The predicted octanol–water partition coefficient (Wildman–Crippen LogP) is 5.27. The Morgan fingerprint density at radius 3 is 2.46 bits per heavy atom. The van der Waals surface area contributed by atoms with Crippen molar-refractivity contribution in [1.29, 1.82) is 5.26 Å². The van der Waals surface area contributed by atoms with Crippen molar-refractivity contribution in [2.75, 3.05) is 23.8 Å². The number of carbonyl (C=O) groups excluding carboxylic acids is 2. The number of aryl methyl sites for hydroxylation is 2. The average Bonchev–Trinajstić information content (AvgIpc) is 2.83. The van der Waals surface area contributed by atoms with Crippen LogP contribution in [0.1, 0.15) is 23.6 Å². The van der Waals surface area contributed by atoms with Crippen LogP contribution in [0.3, 0.4) is 0 Å². The van der Waals surface area contributed by atoms with Crippen molar-refractivity contribution in [2.24, 2.45) is 0 Å². The van der Waals surface area contributed by atoms with E-state index in [4.69, 9.17) is 9.47 Å². The maximum absolute atomic E-state index is 12.6. The van der Waals surface area contributed by atoms with Gasteiger partial charge in [0.1, 0.15) is 11.6 Å². The second kappa shape index (κ2) is 12.1. The topological polar surface area (TPSA) is 100 Å². The van der Waals surface area contributed by atoms with Crippen LogP contribution >= 0.6 is 0 Å². The summed E-state index contributed by atoms with van der Waals surface area (Å²) < 4.78 is 11.3. The molecule has 0 spiro atoms. The number of benzene rings is 3. The molecular weight excluding hydrogens is 442 g/mol. The van der Waals surface area contributed by atoms with Gasteiger partial charge in [0.2, 0.25) is 0 Å². The smallest absolute Gasteiger partial charge is 0.266 e. The van der Waals surface area contributed by atoms with E-state index in [1.54, 1.807) is 30.3 Å². The number of amides is 2. The summed E-state index contributed by atoms with van der Waals surface area (Å²) in [5.41, 5.74) is 3.79. The zero-order valence-electron chi connectivity index (χ0n) is 19.9. The van der Waals surface area contributed by atoms with E-state index in [0.29, 0.717) is 35.0 Å². The molecule has 0 aliphatic carbocycles. The number of ether oxygens (including phenoxy) is 2. The quantitative estimate of drug-likeness (QED) is 0.329. The van der Waals surface area contributed by atoms with Crippen LogP contribution in [0.4, 0.5) is 11.4 Å². The lowest BCUT2D eigenvalue weighted by Crippen LogP contribution is -2.20. The molecule has 7 nitrogen and oxygen atoms in total. The Balaban J connectivity index is 1.72. The highest BCUT2D eigenvalue weighted by Gasteiger charge is 2.13. The Labute approximate surface area is 205 Å². The summed E-state index contributed by atoms with van der Waals surface area (Å²) in [5.74, 6) is -0.0259. The first-order valence-electron chi connectivity index (χ1n) is 11.1. The first kappa shape index (κ1) is 25.1. The zero-order valence-corrected chi connectivity index (χ0v) is 19.9. The molecule has 2 N–H and O–H groups in total. The highest BCUT2D eigenvalue weighted by molar-refractivity contribution is 6.10. The second-order valence-electron chi connectivity index (χ2n) is 7.78. The maximum Gasteiger partial charge on any atom is 0.266 e. The molecule has 3 rings (SSSR count). The molecule has 3 aromatic carbocycles. The van der Waals surface area contributed by atoms with E-state index in [1.165, 1.54) is 6.08 Å². The Morgan fingerprint density at radius 1 is 0.943 bits per heavy atom. The summed E-state index contributed by atoms with van der Waals surface area (Å²) >= 11 is 0. The lowest BCUT2D eigenvalue weighted by Gasteiger charge is -2.13. The number of carbonyl (C=O) groups is 2. The molecule has 0 aromatic heterocycles. The van der Waals surface area contributed by atoms with Gasteiger partial charge in [-0.15, -0.1) is 0 Å². The van der Waals surface area contributed by atoms with Crippen molar-refractivity contribution >= 4 is 29.3 Å². The van der Waals surface area contributed by atoms with E-state index >= 15 is 0 Å². The van der Waals surface area contributed by atoms with Crippen molar-refractivity contribution in [3.05, 3.63) is 89.0 Å². The van der Waals surface area contributed by atoms with Crippen molar-refractivity contribution in [2.45, 2.75) is 20.8 Å². The van der Waals surface area contributed by atoms with Crippen LogP contribution in [-0.2, 0) is 9.59 Å². The van der Waals surface area contributed by atoms with Gasteiger partial charge in [0.25, 0.3) is 11.8 Å². The molecule has 3 aromatic rings. The van der Waals surface area contributed by atoms with Gasteiger partial charge >= 0.3 is 0 Å². The van der Waals surface area contributed by atoms with Crippen LogP contribution < -0.4 is 20.1 Å². The Bertz CT molecular complexity index is 1290. The summed E-state index contributed by atoms with van der Waals surface area (Å²) in [5, 5.41) is 15.1. The Kier molecular flexibility index (Phi) is 8.63. The Hall–Kier alpha value is -4.57. The normalized spacial score (nSPS) is 10.7. The number of nitrogens with one attached hydrogen (secondary N) is 2. The van der Waals surface area contributed by atoms with Gasteiger partial charge in [-0.1, -0.05) is 36.4 Å². The van der Waals surface area contributed by atoms with Gasteiger partial charge < -0.3 is 20.1 Å². The van der Waals surface area contributed by atoms with Crippen LogP contribution in [0.25, 0.3) is 6.08 Å². The maximum atomic E-state index is 12.6. The minimum absolute atomic E-state index is 0.0538. The van der Waals surface area contributed by atoms with Crippen LogP contribution in [0.5, 0.6) is 11.5 Å². The number of anilines is 2. The molecule has 2 amide bonds. The number of nitriles is 1. The third-order valence-corrected chi connectivity index (χ3v) is 5.00. The molecular formula is C28H27N3O4. The number of nitrogens with zero attached hydrogens (tertiary/aromatic N) is 1. The third kappa shape index (κ3) is 7.21. The van der Waals surface area contributed by atoms with E-state index in [0.717, 1.165) is 11.1 Å². The van der Waals surface area contributed by atoms with Crippen LogP contribution in [0.2, 0.25) is 0 Å². The molecule has 0 atom stereocenters. The van der Waals surface area contributed by atoms with Crippen LogP contribution in [0.15, 0.2) is 72.3 Å². The largest absolute Gasteiger partial charge is 0.490 e. The fourth-order valence-corrected chi connectivity index (χ4v) is 3.28. The monoisotopic (exact) mass is 469 g/mol. The van der Waals surface area contributed by atoms with E-state index in [2.05, 4.69) is 10.6 Å². The van der Waals surface area contributed by atoms with Gasteiger partial charge in [-0.25, -0.2) is 0 Å². The minimum atomic E-state index is -0.507. The zero-order chi connectivity index (χ0) is 25.2. The van der Waals surface area contributed by atoms with Gasteiger partial charge in [0.05, 0.1) is 6.61 Å². The standard InChI is InChI=1S/C28H27N3O4/c1-4-34-26-16-21(15-22(17-29)28(33)31-24-11-6-5-9-20(24)3)12-13-25(26)35-18-27(32)30-23-10-7-8-19(2)14-23/h5-16H,4,18H2,1-3H3,(H,30,32)(H,31,33)/b22-15+. The molecule has 0 unspecified atom stereocenters. The SMILES string of the molecule is CCOc1cc(/C=C(\C#N)C(=O)Nc2ccccc2C)ccc1OCC(=O)Nc1cccc(C)c1. The molecule has 0 bridgehead atoms. The van der Waals surface area contributed by atoms with Crippen LogP contribution in [0, 0.1) is 25.2 Å². The third-order valence-electron chi connectivity index (χ3n) is 5.00. The minimum Gasteiger partial charge on any atom is -0.490 e. The molecule has 35 heavy (non-hydrogen) atoms. The van der Waals surface area contributed by atoms with E-state index < -0.39 is 5.91 Å². The summed E-state index contributed by atoms with van der Waals surface area (Å²) in [6.45, 7) is 5.82. The van der Waals surface area contributed by atoms with Crippen molar-refractivity contribution in [3.8, 4) is 17.6 Å². The van der Waals surface area contributed by atoms with Gasteiger partial charge in [0, 0.05) is 11.4 Å². The summed E-state index contributed by atoms with van der Waals surface area (Å²) in [6, 6.07) is 21.8. The molecule has 0 saturated carbocycles. The molecule has 0 fully saturated rings. The summed E-state index contributed by atoms with van der Waals surface area (Å²) in [6.07, 6.45) is 1.48. The van der Waals surface area contributed by atoms with Gasteiger partial charge in [-0.05, 0) is 73.9 Å². The van der Waals surface area contributed by atoms with Crippen molar-refractivity contribution in [3.63, 3.8) is 0 Å². The first-order chi connectivity index (χ1) is 16.9. The summed E-state index contributed by atoms with van der Waals surface area (Å²) in [4.78, 5) is 24.9. The highest BCUT2D eigenvalue weighted by Crippen LogP contribution is 2.29. The number of hydrogen-bond donors (Lipinski definition) is 2. The molecule has 178 valence electrons. The van der Waals surface area contributed by atoms with Crippen molar-refractivity contribution in [1.82, 2.24) is 0 Å². The van der Waals surface area contributed by atoms with Gasteiger partial charge in [-0.2, -0.15) is 5.26 Å². The lowest BCUT2D eigenvalue weighted by molar-refractivity contribution is -0.118. The molecule has 0 saturated heterocycles. The van der Waals surface area contributed by atoms with E-state index in [-0.39, 0.29) is 18.1 Å². The second-order valence-corrected chi connectivity index (χ2v) is 7.78. The molecule has 0 radical (unpaired) electrons. The first-order valence-corrected chi connectivity index (χ1v) is 11.1. The van der Waals surface area contributed by atoms with E-state index in [9.17, 15) is 14.9 Å². The fourth-order valence-electron chi connectivity index (χ4n) is 3.28. The predicted molar refractivity (Wildman–Crippen MR) is 136 cm³/mol. The molecule has 0 aliphatic rings. The number of hydrogen-bond acceptors (Lipinski definition) is 5. The summed E-state index contributed by atoms with van der Waals surface area (Å²) in [7, 11) is 0. The number of para-hydroxylation sites is 1. The van der Waals surface area contributed by atoms with E-state index in [1.807, 2.05) is 63.2 Å². The van der Waals surface area contributed by atoms with Gasteiger partial charge in [0.15, 0.2) is 18.1 Å². The molecule has 7 heteroatoms. The Morgan fingerprint density at radius 2 is 1.74 bits per heavy atom. The highest BCUT2D eigenvalue weighted by atomic mass is 16.5. The molecule has 0 aliphatic heterocycles. The van der Waals surface area contributed by atoms with Gasteiger partial charge in [-0.3, -0.25) is 9.59 Å². The fraction of sp³-hybridized carbons (Fsp3) is 0.179. The average molecular weight is 470 g/mol. The molecule has 0 heterocycles. The van der Waals surface area contributed by atoms with Crippen molar-refractivity contribution < 1.29 is 19.1 Å². The van der Waals surface area contributed by atoms with Crippen LogP contribution in [-0.4, -0.2) is 25.0 Å².